The number of alkyl halides is 3. The molecule has 1 aromatic carbocycles. The van der Waals surface area contributed by atoms with E-state index in [0.717, 1.165) is 20.0 Å². The third-order valence-corrected chi connectivity index (χ3v) is 6.40. The van der Waals surface area contributed by atoms with Crippen molar-refractivity contribution in [3.05, 3.63) is 57.6 Å². The van der Waals surface area contributed by atoms with Gasteiger partial charge in [0.1, 0.15) is 5.82 Å². The minimum atomic E-state index is -4.85. The Labute approximate surface area is 222 Å². The molecule has 0 radical (unpaired) electrons. The van der Waals surface area contributed by atoms with Crippen LogP contribution in [-0.2, 0) is 16.0 Å². The van der Waals surface area contributed by atoms with Crippen molar-refractivity contribution in [2.75, 3.05) is 7.11 Å². The van der Waals surface area contributed by atoms with E-state index in [1.165, 1.54) is 12.3 Å². The number of hydrogen-bond donors (Lipinski definition) is 1. The molecule has 0 spiro atoms. The number of nitrogens with zero attached hydrogens (tertiary/aromatic N) is 3. The number of benzene rings is 1. The summed E-state index contributed by atoms with van der Waals surface area (Å²) >= 11 is 6.35. The summed E-state index contributed by atoms with van der Waals surface area (Å²) in [6.07, 6.45) is -1.94. The molecule has 0 saturated heterocycles. The number of aromatic nitrogens is 4. The van der Waals surface area contributed by atoms with Crippen LogP contribution in [-0.4, -0.2) is 50.7 Å². The highest BCUT2D eigenvalue weighted by Crippen LogP contribution is 2.35. The predicted molar refractivity (Wildman–Crippen MR) is 136 cm³/mol. The second-order valence-electron chi connectivity index (χ2n) is 8.90. The topological polar surface area (TPSA) is 107 Å². The number of carbonyl (C=O) groups excluding carboxylic acids is 1. The Morgan fingerprint density at radius 3 is 2.53 bits per heavy atom. The molecule has 2 atom stereocenters. The van der Waals surface area contributed by atoms with Crippen LogP contribution in [0.5, 0.6) is 5.88 Å². The number of pyridine rings is 1. The summed E-state index contributed by atoms with van der Waals surface area (Å²) < 4.78 is 50.2. The summed E-state index contributed by atoms with van der Waals surface area (Å²) in [6, 6.07) is 7.99. The Hall–Kier alpha value is -3.31. The van der Waals surface area contributed by atoms with E-state index >= 15 is 0 Å². The Kier molecular flexibility index (Phi) is 9.26. The standard InChI is InChI=1S/C26H28ClF3N4O4/c1-5-6-15(2)38-21-12-9-17(14-31-21)22-32-23(34-24(36)33-22)18-13-16(7-10-19(18)27)8-11-20(35)25(3,37-4)26(28,29)30/h7,9-10,12-15H,5-6,8,11H2,1-4H3,(H,32,33,34,36)/t15-,25+/m0/s1. The number of rotatable bonds is 11. The SMILES string of the molecule is CCC[C@H](C)Oc1ccc(-c2nc(-c3cc(CCC(=O)[C@@](C)(OC)C(F)(F)F)ccc3Cl)[nH]c(=O)n2)cn1. The van der Waals surface area contributed by atoms with Gasteiger partial charge in [0.05, 0.1) is 11.1 Å². The average molecular weight is 553 g/mol. The third-order valence-electron chi connectivity index (χ3n) is 6.07. The van der Waals surface area contributed by atoms with Crippen LogP contribution in [0.15, 0.2) is 41.3 Å². The highest BCUT2D eigenvalue weighted by molar-refractivity contribution is 6.33. The van der Waals surface area contributed by atoms with Gasteiger partial charge in [-0.15, -0.1) is 0 Å². The number of aryl methyl sites for hydroxylation is 1. The van der Waals surface area contributed by atoms with Crippen molar-refractivity contribution in [3.63, 3.8) is 0 Å². The number of hydrogen-bond acceptors (Lipinski definition) is 7. The fourth-order valence-corrected chi connectivity index (χ4v) is 3.90. The lowest BCUT2D eigenvalue weighted by atomic mass is 9.94. The van der Waals surface area contributed by atoms with E-state index in [1.54, 1.807) is 24.3 Å². The molecule has 204 valence electrons. The minimum absolute atomic E-state index is 0.00203. The molecule has 0 aliphatic carbocycles. The predicted octanol–water partition coefficient (Wildman–Crippen LogP) is 5.58. The summed E-state index contributed by atoms with van der Waals surface area (Å²) in [7, 11) is 0.845. The molecular formula is C26H28ClF3N4O4. The quantitative estimate of drug-likeness (QED) is 0.331. The van der Waals surface area contributed by atoms with Crippen LogP contribution < -0.4 is 10.4 Å². The Morgan fingerprint density at radius 1 is 1.18 bits per heavy atom. The maximum atomic E-state index is 13.3. The maximum absolute atomic E-state index is 13.3. The van der Waals surface area contributed by atoms with E-state index in [9.17, 15) is 22.8 Å². The van der Waals surface area contributed by atoms with Gasteiger partial charge in [0.2, 0.25) is 11.5 Å². The van der Waals surface area contributed by atoms with E-state index in [4.69, 9.17) is 16.3 Å². The first-order chi connectivity index (χ1) is 17.9. The van der Waals surface area contributed by atoms with E-state index in [0.29, 0.717) is 29.5 Å². The molecule has 0 amide bonds. The zero-order valence-corrected chi connectivity index (χ0v) is 22.1. The van der Waals surface area contributed by atoms with Crippen molar-refractivity contribution in [2.24, 2.45) is 0 Å². The fraction of sp³-hybridized carbons (Fsp3) is 0.423. The largest absolute Gasteiger partial charge is 0.475 e. The first-order valence-corrected chi connectivity index (χ1v) is 12.3. The molecule has 2 heterocycles. The van der Waals surface area contributed by atoms with Gasteiger partial charge in [0.15, 0.2) is 11.6 Å². The van der Waals surface area contributed by atoms with Gasteiger partial charge in [-0.25, -0.2) is 14.8 Å². The molecular weight excluding hydrogens is 525 g/mol. The molecule has 0 unspecified atom stereocenters. The molecule has 8 nitrogen and oxygen atoms in total. The first-order valence-electron chi connectivity index (χ1n) is 11.9. The van der Waals surface area contributed by atoms with E-state index in [1.807, 2.05) is 6.92 Å². The second-order valence-corrected chi connectivity index (χ2v) is 9.31. The van der Waals surface area contributed by atoms with Crippen LogP contribution in [0.3, 0.4) is 0 Å². The van der Waals surface area contributed by atoms with Gasteiger partial charge in [0, 0.05) is 36.9 Å². The van der Waals surface area contributed by atoms with Crippen molar-refractivity contribution < 1.29 is 27.4 Å². The van der Waals surface area contributed by atoms with E-state index < -0.39 is 29.7 Å². The molecule has 0 fully saturated rings. The Morgan fingerprint density at radius 2 is 1.92 bits per heavy atom. The second kappa shape index (κ2) is 12.0. The van der Waals surface area contributed by atoms with Crippen molar-refractivity contribution in [1.29, 1.82) is 0 Å². The van der Waals surface area contributed by atoms with Crippen molar-refractivity contribution in [2.45, 2.75) is 64.3 Å². The van der Waals surface area contributed by atoms with Gasteiger partial charge in [-0.2, -0.15) is 18.2 Å². The summed E-state index contributed by atoms with van der Waals surface area (Å²) in [4.78, 5) is 39.8. The van der Waals surface area contributed by atoms with E-state index in [2.05, 4.69) is 31.6 Å². The molecule has 3 rings (SSSR count). The number of nitrogens with one attached hydrogen (secondary N) is 1. The number of H-pyrrole nitrogens is 1. The molecule has 0 saturated carbocycles. The molecule has 12 heteroatoms. The molecule has 38 heavy (non-hydrogen) atoms. The lowest BCUT2D eigenvalue weighted by Gasteiger charge is -2.29. The number of ketones is 1. The lowest BCUT2D eigenvalue weighted by Crippen LogP contribution is -2.51. The zero-order valence-electron chi connectivity index (χ0n) is 21.4. The van der Waals surface area contributed by atoms with Crippen LogP contribution in [0.1, 0.15) is 45.6 Å². The van der Waals surface area contributed by atoms with Gasteiger partial charge in [-0.3, -0.25) is 9.78 Å². The minimum Gasteiger partial charge on any atom is -0.475 e. The van der Waals surface area contributed by atoms with Crippen molar-refractivity contribution in [3.8, 4) is 28.7 Å². The highest BCUT2D eigenvalue weighted by Gasteiger charge is 2.56. The molecule has 0 aliphatic rings. The number of carbonyl (C=O) groups is 1. The number of halogens is 4. The number of Topliss-reactive ketones (excluding diaryl/α,β-unsaturated/α-hetero) is 1. The zero-order chi connectivity index (χ0) is 28.1. The average Bonchev–Trinajstić information content (AvgIpc) is 2.87. The van der Waals surface area contributed by atoms with E-state index in [-0.39, 0.29) is 29.2 Å². The number of aromatic amines is 1. The smallest absolute Gasteiger partial charge is 0.424 e. The highest BCUT2D eigenvalue weighted by atomic mass is 35.5. The van der Waals surface area contributed by atoms with Crippen molar-refractivity contribution in [1.82, 2.24) is 19.9 Å². The molecule has 1 N–H and O–H groups in total. The van der Waals surface area contributed by atoms with Gasteiger partial charge < -0.3 is 9.47 Å². The fourth-order valence-electron chi connectivity index (χ4n) is 3.69. The molecule has 0 aliphatic heterocycles. The van der Waals surface area contributed by atoms with Gasteiger partial charge in [-0.1, -0.05) is 31.0 Å². The summed E-state index contributed by atoms with van der Waals surface area (Å²) in [6.45, 7) is 4.71. The van der Waals surface area contributed by atoms with Gasteiger partial charge in [0.25, 0.3) is 0 Å². The molecule has 3 aromatic rings. The lowest BCUT2D eigenvalue weighted by molar-refractivity contribution is -0.252. The summed E-state index contributed by atoms with van der Waals surface area (Å²) in [5.74, 6) is -0.472. The first kappa shape index (κ1) is 29.2. The monoisotopic (exact) mass is 552 g/mol. The maximum Gasteiger partial charge on any atom is 0.424 e. The van der Waals surface area contributed by atoms with Crippen molar-refractivity contribution >= 4 is 17.4 Å². The Balaban J connectivity index is 1.85. The summed E-state index contributed by atoms with van der Waals surface area (Å²) in [5, 5.41) is 0.240. The van der Waals surface area contributed by atoms with Crippen LogP contribution in [0, 0.1) is 0 Å². The number of methoxy groups -OCH3 is 1. The van der Waals surface area contributed by atoms with Crippen LogP contribution in [0.2, 0.25) is 5.02 Å². The molecule has 2 aromatic heterocycles. The van der Waals surface area contributed by atoms with Crippen LogP contribution in [0.25, 0.3) is 22.8 Å². The Bertz CT molecular complexity index is 1330. The third kappa shape index (κ3) is 6.76. The van der Waals surface area contributed by atoms with Gasteiger partial charge in [-0.05, 0) is 50.5 Å². The summed E-state index contributed by atoms with van der Waals surface area (Å²) in [5.41, 5.74) is -2.28. The van der Waals surface area contributed by atoms with Gasteiger partial charge >= 0.3 is 11.9 Å². The normalized spacial score (nSPS) is 14.1. The molecule has 0 bridgehead atoms. The van der Waals surface area contributed by atoms with Crippen LogP contribution >= 0.6 is 11.6 Å². The van der Waals surface area contributed by atoms with Crippen LogP contribution in [0.4, 0.5) is 13.2 Å². The number of ether oxygens (including phenoxy) is 2.